The molecule has 0 aliphatic heterocycles. The van der Waals surface area contributed by atoms with E-state index in [1.54, 1.807) is 7.11 Å². The average Bonchev–Trinajstić information content (AvgIpc) is 2.39. The largest absolute Gasteiger partial charge is 0.496 e. The molecule has 1 unspecified atom stereocenters. The van der Waals surface area contributed by atoms with Gasteiger partial charge in [0.05, 0.1) is 13.2 Å². The highest BCUT2D eigenvalue weighted by Gasteiger charge is 2.13. The standard InChI is InChI=1S/C16H19NO/c1-11-4-7-13(8-5-11)16(17)14-10-12(2)6-9-15(14)18-3/h4-10,16H,17H2,1-3H3. The molecular weight excluding hydrogens is 222 g/mol. The van der Waals surface area contributed by atoms with Crippen LogP contribution in [0.3, 0.4) is 0 Å². The van der Waals surface area contributed by atoms with Crippen LogP contribution in [0.25, 0.3) is 0 Å². The minimum atomic E-state index is -0.152. The van der Waals surface area contributed by atoms with E-state index in [-0.39, 0.29) is 6.04 Å². The van der Waals surface area contributed by atoms with Crippen LogP contribution >= 0.6 is 0 Å². The fourth-order valence-corrected chi connectivity index (χ4v) is 2.05. The summed E-state index contributed by atoms with van der Waals surface area (Å²) in [6.07, 6.45) is 0. The lowest BCUT2D eigenvalue weighted by Crippen LogP contribution is -2.13. The van der Waals surface area contributed by atoms with E-state index < -0.39 is 0 Å². The molecule has 94 valence electrons. The zero-order valence-electron chi connectivity index (χ0n) is 11.1. The van der Waals surface area contributed by atoms with Crippen LogP contribution in [0.2, 0.25) is 0 Å². The Morgan fingerprint density at radius 1 is 0.944 bits per heavy atom. The molecule has 0 spiro atoms. The van der Waals surface area contributed by atoms with Gasteiger partial charge in [-0.05, 0) is 25.5 Å². The molecule has 0 heterocycles. The first-order chi connectivity index (χ1) is 8.61. The molecule has 0 saturated carbocycles. The molecule has 1 atom stereocenters. The van der Waals surface area contributed by atoms with E-state index in [2.05, 4.69) is 44.2 Å². The van der Waals surface area contributed by atoms with Gasteiger partial charge in [0.25, 0.3) is 0 Å². The van der Waals surface area contributed by atoms with Gasteiger partial charge in [-0.25, -0.2) is 0 Å². The second-order valence-electron chi connectivity index (χ2n) is 4.63. The average molecular weight is 241 g/mol. The lowest BCUT2D eigenvalue weighted by atomic mass is 9.96. The van der Waals surface area contributed by atoms with E-state index in [1.165, 1.54) is 11.1 Å². The smallest absolute Gasteiger partial charge is 0.123 e. The normalized spacial score (nSPS) is 12.2. The van der Waals surface area contributed by atoms with Crippen molar-refractivity contribution in [3.8, 4) is 5.75 Å². The summed E-state index contributed by atoms with van der Waals surface area (Å²) in [5, 5.41) is 0. The minimum absolute atomic E-state index is 0.152. The summed E-state index contributed by atoms with van der Waals surface area (Å²) in [7, 11) is 1.68. The van der Waals surface area contributed by atoms with Crippen LogP contribution in [0.4, 0.5) is 0 Å². The van der Waals surface area contributed by atoms with Gasteiger partial charge in [0.1, 0.15) is 5.75 Å². The van der Waals surface area contributed by atoms with Gasteiger partial charge in [0, 0.05) is 5.56 Å². The fourth-order valence-electron chi connectivity index (χ4n) is 2.05. The first kappa shape index (κ1) is 12.7. The Morgan fingerprint density at radius 2 is 1.56 bits per heavy atom. The highest BCUT2D eigenvalue weighted by atomic mass is 16.5. The molecule has 0 radical (unpaired) electrons. The Morgan fingerprint density at radius 3 is 2.17 bits per heavy atom. The van der Waals surface area contributed by atoms with Crippen LogP contribution in [-0.2, 0) is 0 Å². The second kappa shape index (κ2) is 5.23. The number of rotatable bonds is 3. The summed E-state index contributed by atoms with van der Waals surface area (Å²) in [5.74, 6) is 0.841. The third-order valence-electron chi connectivity index (χ3n) is 3.16. The van der Waals surface area contributed by atoms with Gasteiger partial charge >= 0.3 is 0 Å². The quantitative estimate of drug-likeness (QED) is 0.894. The zero-order chi connectivity index (χ0) is 13.1. The fraction of sp³-hybridized carbons (Fsp3) is 0.250. The van der Waals surface area contributed by atoms with Crippen molar-refractivity contribution in [1.29, 1.82) is 0 Å². The van der Waals surface area contributed by atoms with Gasteiger partial charge in [-0.3, -0.25) is 0 Å². The van der Waals surface area contributed by atoms with E-state index in [9.17, 15) is 0 Å². The number of hydrogen-bond donors (Lipinski definition) is 1. The van der Waals surface area contributed by atoms with Crippen molar-refractivity contribution in [3.05, 3.63) is 64.7 Å². The molecule has 2 heteroatoms. The molecule has 0 bridgehead atoms. The number of hydrogen-bond acceptors (Lipinski definition) is 2. The van der Waals surface area contributed by atoms with E-state index in [4.69, 9.17) is 10.5 Å². The topological polar surface area (TPSA) is 35.2 Å². The second-order valence-corrected chi connectivity index (χ2v) is 4.63. The molecule has 0 aliphatic carbocycles. The van der Waals surface area contributed by atoms with Crippen molar-refractivity contribution in [2.24, 2.45) is 5.73 Å². The highest BCUT2D eigenvalue weighted by molar-refractivity contribution is 5.43. The molecule has 2 aromatic carbocycles. The van der Waals surface area contributed by atoms with Crippen LogP contribution in [0.5, 0.6) is 5.75 Å². The Hall–Kier alpha value is -1.80. The van der Waals surface area contributed by atoms with Gasteiger partial charge in [-0.2, -0.15) is 0 Å². The van der Waals surface area contributed by atoms with Gasteiger partial charge in [-0.1, -0.05) is 47.5 Å². The molecule has 2 aromatic rings. The Balaban J connectivity index is 2.41. The molecule has 0 aliphatic rings. The van der Waals surface area contributed by atoms with E-state index in [1.807, 2.05) is 12.1 Å². The van der Waals surface area contributed by atoms with Gasteiger partial charge in [0.15, 0.2) is 0 Å². The summed E-state index contributed by atoms with van der Waals surface area (Å²) < 4.78 is 5.39. The van der Waals surface area contributed by atoms with Gasteiger partial charge in [0.2, 0.25) is 0 Å². The van der Waals surface area contributed by atoms with E-state index in [0.717, 1.165) is 16.9 Å². The SMILES string of the molecule is COc1ccc(C)cc1C(N)c1ccc(C)cc1. The third-order valence-corrected chi connectivity index (χ3v) is 3.16. The summed E-state index contributed by atoms with van der Waals surface area (Å²) in [6.45, 7) is 4.13. The number of aryl methyl sites for hydroxylation is 2. The maximum Gasteiger partial charge on any atom is 0.123 e. The van der Waals surface area contributed by atoms with Gasteiger partial charge in [-0.15, -0.1) is 0 Å². The van der Waals surface area contributed by atoms with Crippen LogP contribution in [0.1, 0.15) is 28.3 Å². The lowest BCUT2D eigenvalue weighted by Gasteiger charge is -2.17. The number of ether oxygens (including phenoxy) is 1. The van der Waals surface area contributed by atoms with Crippen molar-refractivity contribution in [2.45, 2.75) is 19.9 Å². The van der Waals surface area contributed by atoms with Crippen molar-refractivity contribution < 1.29 is 4.74 Å². The predicted molar refractivity (Wildman–Crippen MR) is 74.9 cm³/mol. The number of nitrogens with two attached hydrogens (primary N) is 1. The Labute approximate surface area is 108 Å². The lowest BCUT2D eigenvalue weighted by molar-refractivity contribution is 0.407. The maximum atomic E-state index is 6.33. The van der Waals surface area contributed by atoms with E-state index in [0.29, 0.717) is 0 Å². The first-order valence-electron chi connectivity index (χ1n) is 6.08. The monoisotopic (exact) mass is 241 g/mol. The summed E-state index contributed by atoms with van der Waals surface area (Å²) in [5.41, 5.74) is 10.9. The van der Waals surface area contributed by atoms with Crippen LogP contribution < -0.4 is 10.5 Å². The van der Waals surface area contributed by atoms with Crippen LogP contribution in [-0.4, -0.2) is 7.11 Å². The van der Waals surface area contributed by atoms with E-state index >= 15 is 0 Å². The summed E-state index contributed by atoms with van der Waals surface area (Å²) >= 11 is 0. The molecule has 2 N–H and O–H groups in total. The highest BCUT2D eigenvalue weighted by Crippen LogP contribution is 2.29. The first-order valence-corrected chi connectivity index (χ1v) is 6.08. The molecule has 0 aromatic heterocycles. The molecule has 2 rings (SSSR count). The van der Waals surface area contributed by atoms with Crippen LogP contribution in [0.15, 0.2) is 42.5 Å². The molecule has 0 saturated heterocycles. The maximum absolute atomic E-state index is 6.33. The molecular formula is C16H19NO. The number of benzene rings is 2. The summed E-state index contributed by atoms with van der Waals surface area (Å²) in [6, 6.07) is 14.2. The van der Waals surface area contributed by atoms with Crippen molar-refractivity contribution >= 4 is 0 Å². The Bertz CT molecular complexity index is 531. The molecule has 0 fully saturated rings. The van der Waals surface area contributed by atoms with Crippen molar-refractivity contribution in [1.82, 2.24) is 0 Å². The molecule has 18 heavy (non-hydrogen) atoms. The Kier molecular flexibility index (Phi) is 3.68. The zero-order valence-corrected chi connectivity index (χ0v) is 11.1. The van der Waals surface area contributed by atoms with Gasteiger partial charge < -0.3 is 10.5 Å². The predicted octanol–water partition coefficient (Wildman–Crippen LogP) is 3.36. The number of methoxy groups -OCH3 is 1. The van der Waals surface area contributed by atoms with Crippen molar-refractivity contribution in [2.75, 3.05) is 7.11 Å². The third kappa shape index (κ3) is 2.54. The van der Waals surface area contributed by atoms with Crippen molar-refractivity contribution in [3.63, 3.8) is 0 Å². The molecule has 2 nitrogen and oxygen atoms in total. The van der Waals surface area contributed by atoms with Crippen LogP contribution in [0, 0.1) is 13.8 Å². The summed E-state index contributed by atoms with van der Waals surface area (Å²) in [4.78, 5) is 0. The minimum Gasteiger partial charge on any atom is -0.496 e. The molecule has 0 amide bonds.